The fourth-order valence-corrected chi connectivity index (χ4v) is 2.85. The summed E-state index contributed by atoms with van der Waals surface area (Å²) in [6.45, 7) is 0.341. The first kappa shape index (κ1) is 14.5. The molecule has 5 heteroatoms. The molecule has 0 saturated carbocycles. The van der Waals surface area contributed by atoms with Gasteiger partial charge in [0.15, 0.2) is 0 Å². The molecule has 2 aromatic rings. The fraction of sp³-hybridized carbons (Fsp3) is 0.353. The second-order valence-electron chi connectivity index (χ2n) is 5.62. The molecule has 1 heterocycles. The van der Waals surface area contributed by atoms with Crippen LogP contribution in [0.25, 0.3) is 10.8 Å². The van der Waals surface area contributed by atoms with Crippen molar-refractivity contribution in [2.45, 2.75) is 25.8 Å². The first-order valence-electron chi connectivity index (χ1n) is 7.54. The van der Waals surface area contributed by atoms with E-state index < -0.39 is 0 Å². The van der Waals surface area contributed by atoms with Crippen LogP contribution >= 0.6 is 0 Å². The zero-order chi connectivity index (χ0) is 15.5. The first-order valence-corrected chi connectivity index (χ1v) is 7.54. The maximum absolute atomic E-state index is 12.2. The van der Waals surface area contributed by atoms with E-state index in [9.17, 15) is 9.59 Å². The van der Waals surface area contributed by atoms with Crippen LogP contribution in [0.4, 0.5) is 0 Å². The van der Waals surface area contributed by atoms with Crippen molar-refractivity contribution in [1.82, 2.24) is 15.1 Å². The van der Waals surface area contributed by atoms with Crippen LogP contribution in [0.2, 0.25) is 0 Å². The number of nitrogens with one attached hydrogen (secondary N) is 1. The van der Waals surface area contributed by atoms with Crippen LogP contribution in [0, 0.1) is 5.92 Å². The highest BCUT2D eigenvalue weighted by molar-refractivity contribution is 5.84. The monoisotopic (exact) mass is 297 g/mol. The van der Waals surface area contributed by atoms with E-state index in [1.807, 2.05) is 18.2 Å². The Morgan fingerprint density at radius 2 is 2.09 bits per heavy atom. The van der Waals surface area contributed by atoms with Gasteiger partial charge in [0.2, 0.25) is 5.91 Å². The van der Waals surface area contributed by atoms with Crippen LogP contribution in [0.1, 0.15) is 25.0 Å². The van der Waals surface area contributed by atoms with Crippen molar-refractivity contribution in [1.29, 1.82) is 0 Å². The molecule has 22 heavy (non-hydrogen) atoms. The van der Waals surface area contributed by atoms with Crippen molar-refractivity contribution < 1.29 is 4.79 Å². The summed E-state index contributed by atoms with van der Waals surface area (Å²) in [5, 5.41) is 8.68. The lowest BCUT2D eigenvalue weighted by Crippen LogP contribution is -2.32. The molecule has 0 saturated heterocycles. The molecular weight excluding hydrogens is 278 g/mol. The summed E-state index contributed by atoms with van der Waals surface area (Å²) in [5.41, 5.74) is 0.598. The molecule has 114 valence electrons. The quantitative estimate of drug-likeness (QED) is 0.880. The van der Waals surface area contributed by atoms with Crippen LogP contribution in [0.15, 0.2) is 41.2 Å². The number of allylic oxidation sites excluding steroid dienone is 2. The van der Waals surface area contributed by atoms with Gasteiger partial charge in [0.05, 0.1) is 17.6 Å². The fourth-order valence-electron chi connectivity index (χ4n) is 2.85. The number of hydrogen-bond acceptors (Lipinski definition) is 3. The van der Waals surface area contributed by atoms with Gasteiger partial charge in [0, 0.05) is 18.4 Å². The number of nitrogens with zero attached hydrogens (tertiary/aromatic N) is 2. The number of aryl methyl sites for hydroxylation is 1. The molecule has 0 aliphatic heterocycles. The summed E-state index contributed by atoms with van der Waals surface area (Å²) in [6.07, 6.45) is 6.83. The lowest BCUT2D eigenvalue weighted by atomic mass is 9.93. The topological polar surface area (TPSA) is 64.0 Å². The van der Waals surface area contributed by atoms with Crippen molar-refractivity contribution in [2.75, 3.05) is 0 Å². The lowest BCUT2D eigenvalue weighted by molar-refractivity contribution is -0.125. The zero-order valence-electron chi connectivity index (χ0n) is 12.6. The Kier molecular flexibility index (Phi) is 4.04. The van der Waals surface area contributed by atoms with E-state index in [1.54, 1.807) is 13.1 Å². The van der Waals surface area contributed by atoms with Gasteiger partial charge in [-0.15, -0.1) is 0 Å². The molecule has 0 radical (unpaired) electrons. The second-order valence-corrected chi connectivity index (χ2v) is 5.62. The second kappa shape index (κ2) is 6.13. The Balaban J connectivity index is 1.82. The predicted octanol–water partition coefficient (Wildman–Crippen LogP) is 1.91. The number of amides is 1. The highest BCUT2D eigenvalue weighted by Crippen LogP contribution is 2.18. The van der Waals surface area contributed by atoms with E-state index in [-0.39, 0.29) is 17.4 Å². The summed E-state index contributed by atoms with van der Waals surface area (Å²) in [4.78, 5) is 24.3. The number of benzene rings is 1. The van der Waals surface area contributed by atoms with Crippen LogP contribution in [0.5, 0.6) is 0 Å². The Labute approximate surface area is 128 Å². The van der Waals surface area contributed by atoms with Crippen molar-refractivity contribution >= 4 is 16.7 Å². The van der Waals surface area contributed by atoms with Gasteiger partial charge in [-0.1, -0.05) is 30.4 Å². The van der Waals surface area contributed by atoms with Gasteiger partial charge in [-0.2, -0.15) is 5.10 Å². The molecule has 1 atom stereocenters. The minimum Gasteiger partial charge on any atom is -0.350 e. The van der Waals surface area contributed by atoms with E-state index in [0.29, 0.717) is 11.9 Å². The smallest absolute Gasteiger partial charge is 0.274 e. The number of hydrogen-bond donors (Lipinski definition) is 1. The lowest BCUT2D eigenvalue weighted by Gasteiger charge is -2.17. The highest BCUT2D eigenvalue weighted by Gasteiger charge is 2.19. The average molecular weight is 297 g/mol. The number of fused-ring (bicyclic) bond motifs is 1. The maximum Gasteiger partial charge on any atom is 0.274 e. The Bertz CT molecular complexity index is 792. The highest BCUT2D eigenvalue weighted by atomic mass is 16.2. The van der Waals surface area contributed by atoms with Gasteiger partial charge in [-0.3, -0.25) is 9.59 Å². The minimum absolute atomic E-state index is 0.0452. The summed E-state index contributed by atoms with van der Waals surface area (Å²) >= 11 is 0. The summed E-state index contributed by atoms with van der Waals surface area (Å²) in [6, 6.07) is 7.37. The van der Waals surface area contributed by atoms with Gasteiger partial charge in [-0.05, 0) is 25.3 Å². The zero-order valence-corrected chi connectivity index (χ0v) is 12.6. The molecule has 0 bridgehead atoms. The van der Waals surface area contributed by atoms with Crippen molar-refractivity contribution in [3.05, 3.63) is 52.5 Å². The van der Waals surface area contributed by atoms with Crippen LogP contribution in [0.3, 0.4) is 0 Å². The van der Waals surface area contributed by atoms with Crippen LogP contribution in [-0.4, -0.2) is 15.7 Å². The number of aromatic nitrogens is 2. The number of carbonyl (C=O) groups is 1. The third kappa shape index (κ3) is 2.79. The first-order chi connectivity index (χ1) is 10.7. The summed E-state index contributed by atoms with van der Waals surface area (Å²) in [7, 11) is 1.63. The minimum atomic E-state index is -0.122. The van der Waals surface area contributed by atoms with Crippen molar-refractivity contribution in [3.63, 3.8) is 0 Å². The molecule has 0 fully saturated rings. The SMILES string of the molecule is Cn1nc(CNC(=O)[C@H]2CC=CCC2)c2ccccc2c1=O. The van der Waals surface area contributed by atoms with Gasteiger partial charge in [0.1, 0.15) is 0 Å². The Morgan fingerprint density at radius 3 is 2.82 bits per heavy atom. The largest absolute Gasteiger partial charge is 0.350 e. The molecule has 1 amide bonds. The Morgan fingerprint density at radius 1 is 1.32 bits per heavy atom. The van der Waals surface area contributed by atoms with E-state index in [2.05, 4.69) is 22.6 Å². The van der Waals surface area contributed by atoms with Gasteiger partial charge in [0.25, 0.3) is 5.56 Å². The Hall–Kier alpha value is -2.43. The normalized spacial score (nSPS) is 17.6. The van der Waals surface area contributed by atoms with Gasteiger partial charge < -0.3 is 5.32 Å². The predicted molar refractivity (Wildman–Crippen MR) is 85.3 cm³/mol. The third-order valence-corrected chi connectivity index (χ3v) is 4.10. The van der Waals surface area contributed by atoms with Crippen molar-refractivity contribution in [3.8, 4) is 0 Å². The standard InChI is InChI=1S/C17H19N3O2/c1-20-17(22)14-10-6-5-9-13(14)15(19-20)11-18-16(21)12-7-3-2-4-8-12/h2-3,5-6,9-10,12H,4,7-8,11H2,1H3,(H,18,21)/t12-/m0/s1. The molecule has 1 N–H and O–H groups in total. The molecule has 1 aromatic heterocycles. The van der Waals surface area contributed by atoms with E-state index in [4.69, 9.17) is 0 Å². The molecule has 1 aliphatic carbocycles. The molecule has 5 nitrogen and oxygen atoms in total. The van der Waals surface area contributed by atoms with Gasteiger partial charge >= 0.3 is 0 Å². The van der Waals surface area contributed by atoms with E-state index in [0.717, 1.165) is 30.3 Å². The number of carbonyl (C=O) groups excluding carboxylic acids is 1. The summed E-state index contributed by atoms with van der Waals surface area (Å²) < 4.78 is 1.33. The van der Waals surface area contributed by atoms with E-state index >= 15 is 0 Å². The molecule has 3 rings (SSSR count). The molecule has 1 aliphatic rings. The maximum atomic E-state index is 12.2. The molecular formula is C17H19N3O2. The number of rotatable bonds is 3. The van der Waals surface area contributed by atoms with E-state index in [1.165, 1.54) is 4.68 Å². The third-order valence-electron chi connectivity index (χ3n) is 4.10. The molecule has 0 spiro atoms. The molecule has 0 unspecified atom stereocenters. The van der Waals surface area contributed by atoms with Gasteiger partial charge in [-0.25, -0.2) is 4.68 Å². The summed E-state index contributed by atoms with van der Waals surface area (Å²) in [5.74, 6) is 0.105. The van der Waals surface area contributed by atoms with Crippen LogP contribution < -0.4 is 10.9 Å². The van der Waals surface area contributed by atoms with Crippen LogP contribution in [-0.2, 0) is 18.4 Å². The average Bonchev–Trinajstić information content (AvgIpc) is 2.57. The van der Waals surface area contributed by atoms with Crippen molar-refractivity contribution in [2.24, 2.45) is 13.0 Å². The molecule has 1 aromatic carbocycles.